The molecule has 1 aliphatic rings. The maximum absolute atomic E-state index is 13.3. The quantitative estimate of drug-likeness (QED) is 0.808. The molecule has 0 saturated carbocycles. The van der Waals surface area contributed by atoms with E-state index in [1.165, 1.54) is 12.1 Å². The molecule has 6 heteroatoms. The summed E-state index contributed by atoms with van der Waals surface area (Å²) in [7, 11) is 1.83. The van der Waals surface area contributed by atoms with Crippen LogP contribution in [0.4, 0.5) is 4.39 Å². The van der Waals surface area contributed by atoms with Gasteiger partial charge in [-0.3, -0.25) is 14.5 Å². The van der Waals surface area contributed by atoms with E-state index in [2.05, 4.69) is 0 Å². The summed E-state index contributed by atoms with van der Waals surface area (Å²) >= 11 is 0. The van der Waals surface area contributed by atoms with E-state index in [1.807, 2.05) is 29.8 Å². The number of halogens is 1. The molecule has 0 bridgehead atoms. The number of likely N-dealkylation sites (N-methyl/N-ethyl adjacent to an activating group) is 1. The van der Waals surface area contributed by atoms with Crippen molar-refractivity contribution in [3.8, 4) is 0 Å². The number of aryl methyl sites for hydroxylation is 1. The number of amides is 1. The number of hydrogen-bond acceptors (Lipinski definition) is 3. The number of likely N-dealkylation sites (tertiary alicyclic amines) is 1. The number of benzene rings is 1. The van der Waals surface area contributed by atoms with Crippen molar-refractivity contribution in [3.05, 3.63) is 35.6 Å². The average molecular weight is 364 g/mol. The van der Waals surface area contributed by atoms with Crippen LogP contribution in [0.5, 0.6) is 0 Å². The summed E-state index contributed by atoms with van der Waals surface area (Å²) in [4.78, 5) is 27.4. The Balaban J connectivity index is 1.83. The van der Waals surface area contributed by atoms with Gasteiger partial charge in [-0.25, -0.2) is 4.39 Å². The predicted octanol–water partition coefficient (Wildman–Crippen LogP) is 2.79. The Bertz CT molecular complexity index is 623. The molecule has 0 unspecified atom stereocenters. The van der Waals surface area contributed by atoms with Crippen LogP contribution in [0, 0.1) is 11.7 Å². The van der Waals surface area contributed by atoms with E-state index in [4.69, 9.17) is 5.11 Å². The van der Waals surface area contributed by atoms with E-state index < -0.39 is 5.97 Å². The van der Waals surface area contributed by atoms with E-state index in [-0.39, 0.29) is 30.2 Å². The second-order valence-electron chi connectivity index (χ2n) is 7.29. The lowest BCUT2D eigenvalue weighted by Crippen LogP contribution is -2.38. The largest absolute Gasteiger partial charge is 0.480 e. The normalized spacial score (nSPS) is 19.2. The van der Waals surface area contributed by atoms with Crippen molar-refractivity contribution in [2.75, 3.05) is 26.7 Å². The topological polar surface area (TPSA) is 60.9 Å². The fourth-order valence-electron chi connectivity index (χ4n) is 3.59. The van der Waals surface area contributed by atoms with E-state index >= 15 is 0 Å². The van der Waals surface area contributed by atoms with Gasteiger partial charge in [0.25, 0.3) is 0 Å². The third-order valence-electron chi connectivity index (χ3n) is 5.19. The minimum Gasteiger partial charge on any atom is -0.480 e. The van der Waals surface area contributed by atoms with Crippen LogP contribution in [-0.2, 0) is 16.0 Å². The molecular formula is C20H29FN2O3. The van der Waals surface area contributed by atoms with Gasteiger partial charge in [-0.05, 0) is 56.8 Å². The number of carbonyl (C=O) groups excluding carboxylic acids is 1. The number of rotatable bonds is 7. The Morgan fingerprint density at radius 1 is 1.35 bits per heavy atom. The number of hydrogen-bond donors (Lipinski definition) is 1. The van der Waals surface area contributed by atoms with Crippen LogP contribution >= 0.6 is 0 Å². The molecular weight excluding hydrogens is 335 g/mol. The highest BCUT2D eigenvalue weighted by atomic mass is 19.1. The molecule has 0 aliphatic carbocycles. The standard InChI is InChI=1S/C20H29FN2O3/c1-15(8-9-16-5-3-6-17(21)13-16)20(26)23-11-4-7-18(10-12-23)22(2)14-19(24)25/h3,5-6,13,15,18H,4,7-12,14H2,1-2H3,(H,24,25)/t15-,18-/m0/s1. The van der Waals surface area contributed by atoms with E-state index in [1.54, 1.807) is 6.07 Å². The molecule has 2 atom stereocenters. The Hall–Kier alpha value is -1.95. The average Bonchev–Trinajstić information content (AvgIpc) is 2.84. The van der Waals surface area contributed by atoms with E-state index in [0.29, 0.717) is 19.4 Å². The van der Waals surface area contributed by atoms with Gasteiger partial charge in [-0.2, -0.15) is 0 Å². The highest BCUT2D eigenvalue weighted by Crippen LogP contribution is 2.19. The minimum absolute atomic E-state index is 0.0304. The fraction of sp³-hybridized carbons (Fsp3) is 0.600. The smallest absolute Gasteiger partial charge is 0.317 e. The van der Waals surface area contributed by atoms with Crippen molar-refractivity contribution in [1.82, 2.24) is 9.80 Å². The van der Waals surface area contributed by atoms with Crippen molar-refractivity contribution in [2.24, 2.45) is 5.92 Å². The maximum atomic E-state index is 13.3. The van der Waals surface area contributed by atoms with Crippen molar-refractivity contribution < 1.29 is 19.1 Å². The molecule has 1 aromatic rings. The summed E-state index contributed by atoms with van der Waals surface area (Å²) in [5.74, 6) is -1.03. The predicted molar refractivity (Wildman–Crippen MR) is 98.4 cm³/mol. The molecule has 1 N–H and O–H groups in total. The maximum Gasteiger partial charge on any atom is 0.317 e. The van der Waals surface area contributed by atoms with Gasteiger partial charge in [0.2, 0.25) is 5.91 Å². The van der Waals surface area contributed by atoms with E-state index in [0.717, 1.165) is 31.4 Å². The zero-order valence-corrected chi connectivity index (χ0v) is 15.7. The fourth-order valence-corrected chi connectivity index (χ4v) is 3.59. The van der Waals surface area contributed by atoms with E-state index in [9.17, 15) is 14.0 Å². The first-order chi connectivity index (χ1) is 12.4. The molecule has 1 heterocycles. The number of nitrogens with zero attached hydrogens (tertiary/aromatic N) is 2. The van der Waals surface area contributed by atoms with Gasteiger partial charge in [0.05, 0.1) is 6.54 Å². The Morgan fingerprint density at radius 2 is 2.12 bits per heavy atom. The second-order valence-corrected chi connectivity index (χ2v) is 7.29. The number of carboxylic acid groups (broad SMARTS) is 1. The highest BCUT2D eigenvalue weighted by Gasteiger charge is 2.26. The van der Waals surface area contributed by atoms with Gasteiger partial charge in [0, 0.05) is 25.0 Å². The number of carbonyl (C=O) groups is 2. The van der Waals surface area contributed by atoms with Crippen LogP contribution in [0.2, 0.25) is 0 Å². The van der Waals surface area contributed by atoms with Gasteiger partial charge >= 0.3 is 5.97 Å². The molecule has 1 aliphatic heterocycles. The summed E-state index contributed by atoms with van der Waals surface area (Å²) in [5.41, 5.74) is 0.913. The van der Waals surface area contributed by atoms with Crippen molar-refractivity contribution >= 4 is 11.9 Å². The third kappa shape index (κ3) is 6.09. The van der Waals surface area contributed by atoms with Crippen LogP contribution in [0.25, 0.3) is 0 Å². The lowest BCUT2D eigenvalue weighted by molar-refractivity contribution is -0.139. The summed E-state index contributed by atoms with van der Waals surface area (Å²) in [6.45, 7) is 3.35. The van der Waals surface area contributed by atoms with Crippen LogP contribution in [0.15, 0.2) is 24.3 Å². The number of carboxylic acids is 1. The highest BCUT2D eigenvalue weighted by molar-refractivity contribution is 5.78. The van der Waals surface area contributed by atoms with Gasteiger partial charge in [-0.1, -0.05) is 19.1 Å². The lowest BCUT2D eigenvalue weighted by Gasteiger charge is -2.26. The molecule has 1 amide bonds. The molecule has 1 aromatic carbocycles. The number of aliphatic carboxylic acids is 1. The third-order valence-corrected chi connectivity index (χ3v) is 5.19. The molecule has 0 spiro atoms. The first-order valence-electron chi connectivity index (χ1n) is 9.32. The van der Waals surface area contributed by atoms with Gasteiger partial charge in [-0.15, -0.1) is 0 Å². The molecule has 1 saturated heterocycles. The van der Waals surface area contributed by atoms with Crippen LogP contribution < -0.4 is 0 Å². The van der Waals surface area contributed by atoms with Crippen molar-refractivity contribution in [2.45, 2.75) is 45.1 Å². The summed E-state index contributed by atoms with van der Waals surface area (Å²) in [5, 5.41) is 8.94. The van der Waals surface area contributed by atoms with Gasteiger partial charge < -0.3 is 10.0 Å². The first-order valence-corrected chi connectivity index (χ1v) is 9.32. The zero-order valence-electron chi connectivity index (χ0n) is 15.7. The van der Waals surface area contributed by atoms with Crippen molar-refractivity contribution in [3.63, 3.8) is 0 Å². The van der Waals surface area contributed by atoms with Crippen LogP contribution in [-0.4, -0.2) is 59.5 Å². The Morgan fingerprint density at radius 3 is 2.81 bits per heavy atom. The molecule has 2 rings (SSSR count). The summed E-state index contributed by atoms with van der Waals surface area (Å²) in [6, 6.07) is 6.72. The van der Waals surface area contributed by atoms with Crippen LogP contribution in [0.3, 0.4) is 0 Å². The van der Waals surface area contributed by atoms with Crippen molar-refractivity contribution in [1.29, 1.82) is 0 Å². The van der Waals surface area contributed by atoms with Crippen LogP contribution in [0.1, 0.15) is 38.2 Å². The Kier molecular flexibility index (Phi) is 7.57. The first kappa shape index (κ1) is 20.4. The Labute approximate surface area is 154 Å². The minimum atomic E-state index is -0.823. The van der Waals surface area contributed by atoms with Gasteiger partial charge in [0.1, 0.15) is 5.82 Å². The monoisotopic (exact) mass is 364 g/mol. The van der Waals surface area contributed by atoms with Gasteiger partial charge in [0.15, 0.2) is 0 Å². The molecule has 144 valence electrons. The molecule has 1 fully saturated rings. The SMILES string of the molecule is C[C@@H](CCc1cccc(F)c1)C(=O)N1CCC[C@H](N(C)CC(=O)O)CC1. The second kappa shape index (κ2) is 9.67. The lowest BCUT2D eigenvalue weighted by atomic mass is 9.99. The molecule has 0 radical (unpaired) electrons. The summed E-state index contributed by atoms with van der Waals surface area (Å²) < 4.78 is 13.3. The zero-order chi connectivity index (χ0) is 19.1. The molecule has 0 aromatic heterocycles. The summed E-state index contributed by atoms with van der Waals surface area (Å²) in [6.07, 6.45) is 3.97. The molecule has 5 nitrogen and oxygen atoms in total. The molecule has 26 heavy (non-hydrogen) atoms.